The fourth-order valence-electron chi connectivity index (χ4n) is 3.90. The molecule has 1 unspecified atom stereocenters. The molecule has 1 spiro atoms. The number of benzene rings is 1. The first-order valence-corrected chi connectivity index (χ1v) is 8.04. The molecule has 0 radical (unpaired) electrons. The molecule has 2 atom stereocenters. The predicted octanol–water partition coefficient (Wildman–Crippen LogP) is 4.09. The van der Waals surface area contributed by atoms with Crippen LogP contribution in [0.25, 0.3) is 0 Å². The van der Waals surface area contributed by atoms with E-state index in [1.165, 1.54) is 13.5 Å². The van der Waals surface area contributed by atoms with E-state index in [1.54, 1.807) is 0 Å². The lowest BCUT2D eigenvalue weighted by Gasteiger charge is -2.38. The first-order chi connectivity index (χ1) is 10.2. The Morgan fingerprint density at radius 1 is 1.29 bits per heavy atom. The largest absolute Gasteiger partial charge is 0.467 e. The highest BCUT2D eigenvalue weighted by atomic mass is 35.5. The van der Waals surface area contributed by atoms with Crippen LogP contribution in [0.4, 0.5) is 0 Å². The van der Waals surface area contributed by atoms with Gasteiger partial charge in [-0.25, -0.2) is 4.79 Å². The maximum atomic E-state index is 11.9. The number of ether oxygens (including phenoxy) is 2. The number of halogens is 1. The fraction of sp³-hybridized carbons (Fsp3) is 0.588. The van der Waals surface area contributed by atoms with Crippen molar-refractivity contribution < 1.29 is 14.3 Å². The van der Waals surface area contributed by atoms with E-state index in [0.29, 0.717) is 6.42 Å². The second-order valence-corrected chi connectivity index (χ2v) is 6.47. The van der Waals surface area contributed by atoms with E-state index in [1.807, 2.05) is 18.2 Å². The van der Waals surface area contributed by atoms with Crippen molar-refractivity contribution in [2.75, 3.05) is 7.11 Å². The molecule has 3 rings (SSSR count). The summed E-state index contributed by atoms with van der Waals surface area (Å²) < 4.78 is 11.1. The Balaban J connectivity index is 1.95. The second kappa shape index (κ2) is 5.98. The molecule has 1 heterocycles. The molecule has 3 nitrogen and oxygen atoms in total. The maximum Gasteiger partial charge on any atom is 0.335 e. The molecule has 1 saturated heterocycles. The zero-order valence-electron chi connectivity index (χ0n) is 12.3. The second-order valence-electron chi connectivity index (χ2n) is 6.06. The molecule has 1 saturated carbocycles. The van der Waals surface area contributed by atoms with E-state index in [-0.39, 0.29) is 17.5 Å². The molecule has 1 aromatic rings. The highest BCUT2D eigenvalue weighted by Crippen LogP contribution is 2.52. The minimum atomic E-state index is -0.464. The normalized spacial score (nSPS) is 27.7. The van der Waals surface area contributed by atoms with Crippen molar-refractivity contribution in [3.63, 3.8) is 0 Å². The van der Waals surface area contributed by atoms with Gasteiger partial charge in [0.2, 0.25) is 0 Å². The van der Waals surface area contributed by atoms with Crippen molar-refractivity contribution >= 4 is 17.6 Å². The zero-order chi connectivity index (χ0) is 14.9. The van der Waals surface area contributed by atoms with Crippen LogP contribution in [0.3, 0.4) is 0 Å². The van der Waals surface area contributed by atoms with E-state index in [4.69, 9.17) is 21.1 Å². The maximum absolute atomic E-state index is 11.9. The van der Waals surface area contributed by atoms with Crippen LogP contribution in [0.5, 0.6) is 0 Å². The van der Waals surface area contributed by atoms with E-state index in [9.17, 15) is 4.79 Å². The van der Waals surface area contributed by atoms with E-state index < -0.39 is 6.10 Å². The lowest BCUT2D eigenvalue weighted by atomic mass is 9.73. The summed E-state index contributed by atoms with van der Waals surface area (Å²) in [6.07, 6.45) is 5.73. The fourth-order valence-corrected chi connectivity index (χ4v) is 4.17. The minimum Gasteiger partial charge on any atom is -0.467 e. The van der Waals surface area contributed by atoms with E-state index in [0.717, 1.165) is 36.3 Å². The Morgan fingerprint density at radius 2 is 2.00 bits per heavy atom. The topological polar surface area (TPSA) is 35.5 Å². The lowest BCUT2D eigenvalue weighted by Crippen LogP contribution is -2.37. The van der Waals surface area contributed by atoms with Gasteiger partial charge in [-0.3, -0.25) is 0 Å². The Morgan fingerprint density at radius 3 is 2.67 bits per heavy atom. The van der Waals surface area contributed by atoms with Gasteiger partial charge < -0.3 is 9.47 Å². The van der Waals surface area contributed by atoms with Crippen molar-refractivity contribution in [2.45, 2.75) is 56.1 Å². The van der Waals surface area contributed by atoms with Crippen LogP contribution in [-0.4, -0.2) is 24.8 Å². The van der Waals surface area contributed by atoms with Gasteiger partial charge in [-0.2, -0.15) is 0 Å². The van der Waals surface area contributed by atoms with Crippen molar-refractivity contribution in [3.05, 3.63) is 34.9 Å². The third kappa shape index (κ3) is 2.69. The third-order valence-electron chi connectivity index (χ3n) is 4.91. The summed E-state index contributed by atoms with van der Waals surface area (Å²) in [5, 5.41) is 0.765. The monoisotopic (exact) mass is 308 g/mol. The molecule has 0 amide bonds. The molecule has 0 bridgehead atoms. The highest BCUT2D eigenvalue weighted by molar-refractivity contribution is 6.31. The Hall–Kier alpha value is -1.06. The molecule has 4 heteroatoms. The summed E-state index contributed by atoms with van der Waals surface area (Å²) in [5.41, 5.74) is 0.856. The lowest BCUT2D eigenvalue weighted by molar-refractivity contribution is -0.160. The smallest absolute Gasteiger partial charge is 0.335 e. The van der Waals surface area contributed by atoms with Gasteiger partial charge in [0.05, 0.1) is 12.7 Å². The summed E-state index contributed by atoms with van der Waals surface area (Å²) in [5.74, 6) is -0.0925. The van der Waals surface area contributed by atoms with Crippen molar-refractivity contribution in [1.82, 2.24) is 0 Å². The molecule has 21 heavy (non-hydrogen) atoms. The Labute approximate surface area is 130 Å². The van der Waals surface area contributed by atoms with Crippen LogP contribution < -0.4 is 0 Å². The molecule has 1 aliphatic carbocycles. The van der Waals surface area contributed by atoms with Gasteiger partial charge in [0.15, 0.2) is 6.10 Å². The molecular weight excluding hydrogens is 288 g/mol. The molecule has 0 N–H and O–H groups in total. The van der Waals surface area contributed by atoms with Gasteiger partial charge >= 0.3 is 5.97 Å². The number of esters is 1. The van der Waals surface area contributed by atoms with Crippen LogP contribution in [0.15, 0.2) is 24.3 Å². The number of carbonyl (C=O) groups is 1. The van der Waals surface area contributed by atoms with Gasteiger partial charge in [-0.05, 0) is 30.9 Å². The van der Waals surface area contributed by atoms with Crippen LogP contribution in [0, 0.1) is 0 Å². The summed E-state index contributed by atoms with van der Waals surface area (Å²) in [6.45, 7) is 0. The summed E-state index contributed by atoms with van der Waals surface area (Å²) in [7, 11) is 1.42. The zero-order valence-corrected chi connectivity index (χ0v) is 13.1. The van der Waals surface area contributed by atoms with Crippen molar-refractivity contribution in [1.29, 1.82) is 0 Å². The van der Waals surface area contributed by atoms with E-state index >= 15 is 0 Å². The van der Waals surface area contributed by atoms with Gasteiger partial charge in [0.1, 0.15) is 0 Å². The van der Waals surface area contributed by atoms with Crippen LogP contribution in [0.2, 0.25) is 5.02 Å². The third-order valence-corrected chi connectivity index (χ3v) is 5.25. The molecule has 114 valence electrons. The molecule has 2 aliphatic rings. The predicted molar refractivity (Wildman–Crippen MR) is 81.5 cm³/mol. The van der Waals surface area contributed by atoms with Gasteiger partial charge in [-0.15, -0.1) is 0 Å². The first-order valence-electron chi connectivity index (χ1n) is 7.66. The summed E-state index contributed by atoms with van der Waals surface area (Å²) in [4.78, 5) is 11.9. The molecule has 2 fully saturated rings. The summed E-state index contributed by atoms with van der Waals surface area (Å²) >= 11 is 6.40. The van der Waals surface area contributed by atoms with Gasteiger partial charge in [-0.1, -0.05) is 49.1 Å². The van der Waals surface area contributed by atoms with Gasteiger partial charge in [0, 0.05) is 10.9 Å². The average Bonchev–Trinajstić information content (AvgIpc) is 2.86. The quantitative estimate of drug-likeness (QED) is 0.772. The number of methoxy groups -OCH3 is 1. The summed E-state index contributed by atoms with van der Waals surface area (Å²) in [6, 6.07) is 7.92. The molecular formula is C17H21ClO3. The standard InChI is InChI=1S/C17H21ClO3/c1-20-16(19)15-11-13(12-7-3-4-8-14(12)18)17(21-15)9-5-2-6-10-17/h3-4,7-8,13,15H,2,5-6,9-11H2,1H3/t13?,15-/m0/s1. The number of hydrogen-bond acceptors (Lipinski definition) is 3. The molecule has 0 aromatic heterocycles. The Bertz CT molecular complexity index is 523. The first kappa shape index (κ1) is 14.9. The SMILES string of the molecule is COC(=O)[C@@H]1CC(c2ccccc2Cl)C2(CCCCC2)O1. The van der Waals surface area contributed by atoms with Gasteiger partial charge in [0.25, 0.3) is 0 Å². The number of hydrogen-bond donors (Lipinski definition) is 0. The van der Waals surface area contributed by atoms with Crippen molar-refractivity contribution in [3.8, 4) is 0 Å². The van der Waals surface area contributed by atoms with Crippen LogP contribution in [-0.2, 0) is 14.3 Å². The van der Waals surface area contributed by atoms with Crippen LogP contribution >= 0.6 is 11.6 Å². The minimum absolute atomic E-state index is 0.176. The number of rotatable bonds is 2. The van der Waals surface area contributed by atoms with Crippen LogP contribution in [0.1, 0.15) is 50.0 Å². The Kier molecular flexibility index (Phi) is 4.23. The van der Waals surface area contributed by atoms with E-state index in [2.05, 4.69) is 6.07 Å². The molecule has 1 aliphatic heterocycles. The average molecular weight is 309 g/mol. The number of carbonyl (C=O) groups excluding carboxylic acids is 1. The van der Waals surface area contributed by atoms with Crippen molar-refractivity contribution in [2.24, 2.45) is 0 Å². The molecule has 1 aromatic carbocycles. The highest BCUT2D eigenvalue weighted by Gasteiger charge is 2.52.